The minimum absolute atomic E-state index is 0.0281. The number of hydrogen-bond acceptors (Lipinski definition) is 3. The normalized spacial score (nSPS) is 20.6. The zero-order valence-electron chi connectivity index (χ0n) is 12.0. The molecule has 3 N–H and O–H groups in total. The van der Waals surface area contributed by atoms with Gasteiger partial charge in [-0.25, -0.2) is 0 Å². The highest BCUT2D eigenvalue weighted by atomic mass is 16.2. The van der Waals surface area contributed by atoms with Crippen LogP contribution in [0.4, 0.5) is 0 Å². The van der Waals surface area contributed by atoms with Crippen molar-refractivity contribution in [2.75, 3.05) is 19.6 Å². The van der Waals surface area contributed by atoms with Crippen LogP contribution in [0.1, 0.15) is 24.9 Å². The summed E-state index contributed by atoms with van der Waals surface area (Å²) in [4.78, 5) is 14.3. The molecule has 1 aliphatic rings. The maximum Gasteiger partial charge on any atom is 0.234 e. The second kappa shape index (κ2) is 7.22. The smallest absolute Gasteiger partial charge is 0.234 e. The van der Waals surface area contributed by atoms with Crippen molar-refractivity contribution in [1.29, 1.82) is 0 Å². The van der Waals surface area contributed by atoms with E-state index in [0.29, 0.717) is 13.1 Å². The first-order chi connectivity index (χ1) is 9.70. The van der Waals surface area contributed by atoms with Gasteiger partial charge in [0, 0.05) is 19.1 Å². The van der Waals surface area contributed by atoms with Crippen LogP contribution in [0.3, 0.4) is 0 Å². The third kappa shape index (κ3) is 3.92. The summed E-state index contributed by atoms with van der Waals surface area (Å²) in [6.45, 7) is 3.86. The highest BCUT2D eigenvalue weighted by Crippen LogP contribution is 2.12. The zero-order valence-corrected chi connectivity index (χ0v) is 12.0. The van der Waals surface area contributed by atoms with Crippen LogP contribution in [0.15, 0.2) is 42.5 Å². The number of rotatable bonds is 5. The molecule has 1 amide bonds. The molecule has 0 spiro atoms. The molecule has 0 aliphatic carbocycles. The van der Waals surface area contributed by atoms with E-state index in [1.54, 1.807) is 0 Å². The molecule has 4 heteroatoms. The van der Waals surface area contributed by atoms with Gasteiger partial charge in [0.05, 0.1) is 12.6 Å². The first-order valence-corrected chi connectivity index (χ1v) is 7.16. The molecule has 2 unspecified atom stereocenters. The molecule has 0 saturated carbocycles. The van der Waals surface area contributed by atoms with Crippen molar-refractivity contribution in [3.05, 3.63) is 48.0 Å². The maximum absolute atomic E-state index is 12.1. The van der Waals surface area contributed by atoms with Gasteiger partial charge in [-0.3, -0.25) is 9.69 Å². The lowest BCUT2D eigenvalue weighted by Gasteiger charge is -2.31. The molecule has 1 heterocycles. The summed E-state index contributed by atoms with van der Waals surface area (Å²) in [5, 5.41) is 3.04. The summed E-state index contributed by atoms with van der Waals surface area (Å²) >= 11 is 0. The largest absolute Gasteiger partial charge is 0.348 e. The SMILES string of the molecule is CC(NC(=O)CN1CCC=CC1CN)c1ccccc1. The molecule has 1 aromatic rings. The molecule has 0 bridgehead atoms. The van der Waals surface area contributed by atoms with Crippen molar-refractivity contribution in [1.82, 2.24) is 10.2 Å². The molecule has 0 radical (unpaired) electrons. The number of carbonyl (C=O) groups excluding carboxylic acids is 1. The first-order valence-electron chi connectivity index (χ1n) is 7.16. The topological polar surface area (TPSA) is 58.4 Å². The van der Waals surface area contributed by atoms with E-state index in [2.05, 4.69) is 22.4 Å². The molecule has 0 aromatic heterocycles. The maximum atomic E-state index is 12.1. The Bertz CT molecular complexity index is 458. The van der Waals surface area contributed by atoms with E-state index in [4.69, 9.17) is 5.73 Å². The van der Waals surface area contributed by atoms with E-state index in [-0.39, 0.29) is 18.0 Å². The van der Waals surface area contributed by atoms with Gasteiger partial charge in [0.2, 0.25) is 5.91 Å². The third-order valence-electron chi connectivity index (χ3n) is 3.68. The molecule has 1 aromatic carbocycles. The lowest BCUT2D eigenvalue weighted by Crippen LogP contribution is -2.47. The standard InChI is InChI=1S/C16H23N3O/c1-13(14-7-3-2-4-8-14)18-16(20)12-19-10-6-5-9-15(19)11-17/h2-5,7-9,13,15H,6,10-12,17H2,1H3,(H,18,20). The van der Waals surface area contributed by atoms with Crippen molar-refractivity contribution < 1.29 is 4.79 Å². The molecule has 4 nitrogen and oxygen atoms in total. The minimum Gasteiger partial charge on any atom is -0.348 e. The van der Waals surface area contributed by atoms with Crippen molar-refractivity contribution >= 4 is 5.91 Å². The number of nitrogens with zero attached hydrogens (tertiary/aromatic N) is 1. The number of nitrogens with one attached hydrogen (secondary N) is 1. The third-order valence-corrected chi connectivity index (χ3v) is 3.68. The fourth-order valence-electron chi connectivity index (χ4n) is 2.50. The van der Waals surface area contributed by atoms with Gasteiger partial charge in [-0.1, -0.05) is 42.5 Å². The summed E-state index contributed by atoms with van der Waals surface area (Å²) in [7, 11) is 0. The van der Waals surface area contributed by atoms with Crippen LogP contribution in [0.25, 0.3) is 0 Å². The molecular formula is C16H23N3O. The lowest BCUT2D eigenvalue weighted by atomic mass is 10.1. The summed E-state index contributed by atoms with van der Waals surface area (Å²) in [6.07, 6.45) is 5.22. The number of amides is 1. The van der Waals surface area contributed by atoms with Crippen molar-refractivity contribution in [2.24, 2.45) is 5.73 Å². The van der Waals surface area contributed by atoms with Crippen LogP contribution in [0.2, 0.25) is 0 Å². The quantitative estimate of drug-likeness (QED) is 0.798. The molecule has 2 rings (SSSR count). The Morgan fingerprint density at radius 2 is 2.20 bits per heavy atom. The predicted octanol–water partition coefficient (Wildman–Crippen LogP) is 1.45. The summed E-state index contributed by atoms with van der Waals surface area (Å²) in [6, 6.07) is 10.2. The highest BCUT2D eigenvalue weighted by Gasteiger charge is 2.20. The molecule has 1 aliphatic heterocycles. The van der Waals surface area contributed by atoms with Gasteiger partial charge in [-0.05, 0) is 18.9 Å². The number of nitrogens with two attached hydrogens (primary N) is 1. The predicted molar refractivity (Wildman–Crippen MR) is 81.2 cm³/mol. The van der Waals surface area contributed by atoms with Gasteiger partial charge in [-0.2, -0.15) is 0 Å². The average molecular weight is 273 g/mol. The van der Waals surface area contributed by atoms with Gasteiger partial charge in [-0.15, -0.1) is 0 Å². The van der Waals surface area contributed by atoms with Crippen molar-refractivity contribution in [3.63, 3.8) is 0 Å². The second-order valence-electron chi connectivity index (χ2n) is 5.19. The van der Waals surface area contributed by atoms with Crippen LogP contribution >= 0.6 is 0 Å². The number of benzene rings is 1. The van der Waals surface area contributed by atoms with E-state index in [1.807, 2.05) is 37.3 Å². The Morgan fingerprint density at radius 3 is 2.90 bits per heavy atom. The fraction of sp³-hybridized carbons (Fsp3) is 0.438. The van der Waals surface area contributed by atoms with Gasteiger partial charge >= 0.3 is 0 Å². The number of carbonyl (C=O) groups is 1. The minimum atomic E-state index is 0.0281. The van der Waals surface area contributed by atoms with Gasteiger partial charge in [0.1, 0.15) is 0 Å². The monoisotopic (exact) mass is 273 g/mol. The Hall–Kier alpha value is -1.65. The Balaban J connectivity index is 1.87. The van der Waals surface area contributed by atoms with Crippen LogP contribution in [-0.4, -0.2) is 36.5 Å². The summed E-state index contributed by atoms with van der Waals surface area (Å²) < 4.78 is 0. The van der Waals surface area contributed by atoms with Crippen LogP contribution < -0.4 is 11.1 Å². The van der Waals surface area contributed by atoms with Gasteiger partial charge < -0.3 is 11.1 Å². The lowest BCUT2D eigenvalue weighted by molar-refractivity contribution is -0.123. The molecule has 0 fully saturated rings. The van der Waals surface area contributed by atoms with Crippen LogP contribution in [-0.2, 0) is 4.79 Å². The highest BCUT2D eigenvalue weighted by molar-refractivity contribution is 5.78. The van der Waals surface area contributed by atoms with Gasteiger partial charge in [0.15, 0.2) is 0 Å². The fourth-order valence-corrected chi connectivity index (χ4v) is 2.50. The first kappa shape index (κ1) is 14.8. The number of hydrogen-bond donors (Lipinski definition) is 2. The van der Waals surface area contributed by atoms with E-state index in [1.165, 1.54) is 0 Å². The Labute approximate surface area is 120 Å². The van der Waals surface area contributed by atoms with Gasteiger partial charge in [0.25, 0.3) is 0 Å². The van der Waals surface area contributed by atoms with E-state index < -0.39 is 0 Å². The molecule has 108 valence electrons. The Morgan fingerprint density at radius 1 is 1.45 bits per heavy atom. The molecule has 0 saturated heterocycles. The van der Waals surface area contributed by atoms with Crippen LogP contribution in [0.5, 0.6) is 0 Å². The molecule has 2 atom stereocenters. The summed E-state index contributed by atoms with van der Waals surface area (Å²) in [5.74, 6) is 0.0510. The van der Waals surface area contributed by atoms with Crippen molar-refractivity contribution in [3.8, 4) is 0 Å². The van der Waals surface area contributed by atoms with E-state index in [0.717, 1.165) is 18.5 Å². The molecule has 20 heavy (non-hydrogen) atoms. The average Bonchev–Trinajstić information content (AvgIpc) is 2.48. The molecular weight excluding hydrogens is 250 g/mol. The second-order valence-corrected chi connectivity index (χ2v) is 5.19. The van der Waals surface area contributed by atoms with E-state index >= 15 is 0 Å². The zero-order chi connectivity index (χ0) is 14.4. The van der Waals surface area contributed by atoms with Crippen LogP contribution in [0, 0.1) is 0 Å². The summed E-state index contributed by atoms with van der Waals surface area (Å²) in [5.41, 5.74) is 6.86. The van der Waals surface area contributed by atoms with Crippen molar-refractivity contribution in [2.45, 2.75) is 25.4 Å². The Kier molecular flexibility index (Phi) is 5.32. The van der Waals surface area contributed by atoms with E-state index in [9.17, 15) is 4.79 Å².